The van der Waals surface area contributed by atoms with Crippen molar-refractivity contribution in [3.63, 3.8) is 0 Å². The molecule has 2 N–H and O–H groups in total. The van der Waals surface area contributed by atoms with E-state index in [0.717, 1.165) is 44.0 Å². The Morgan fingerprint density at radius 2 is 1.88 bits per heavy atom. The fraction of sp³-hybridized carbons (Fsp3) is 0.429. The second-order valence-electron chi connectivity index (χ2n) is 6.39. The molecule has 0 bridgehead atoms. The highest BCUT2D eigenvalue weighted by Gasteiger charge is 2.05. The Morgan fingerprint density at radius 3 is 2.56 bits per heavy atom. The van der Waals surface area contributed by atoms with Crippen molar-refractivity contribution in [3.05, 3.63) is 65.5 Å². The monoisotopic (exact) mass is 338 g/mol. The first kappa shape index (κ1) is 19.0. The molecule has 0 aliphatic rings. The summed E-state index contributed by atoms with van der Waals surface area (Å²) in [6.45, 7) is 7.93. The summed E-state index contributed by atoms with van der Waals surface area (Å²) in [5.41, 5.74) is 3.65. The first-order valence-corrected chi connectivity index (χ1v) is 9.17. The second kappa shape index (κ2) is 10.5. The van der Waals surface area contributed by atoms with Gasteiger partial charge < -0.3 is 10.6 Å². The number of aliphatic imine (C=N–C) groups is 1. The summed E-state index contributed by atoms with van der Waals surface area (Å²) in [5.74, 6) is 0.892. The fourth-order valence-corrected chi connectivity index (χ4v) is 2.60. The number of hydrogen-bond acceptors (Lipinski definition) is 2. The van der Waals surface area contributed by atoms with E-state index in [4.69, 9.17) is 4.99 Å². The Kier molecular flexibility index (Phi) is 7.96. The third kappa shape index (κ3) is 7.38. The van der Waals surface area contributed by atoms with Crippen molar-refractivity contribution in [2.45, 2.75) is 46.1 Å². The highest BCUT2D eigenvalue weighted by molar-refractivity contribution is 5.80. The molecule has 2 rings (SSSR count). The average Bonchev–Trinajstić information content (AvgIpc) is 2.63. The molecule has 1 heterocycles. The topological polar surface area (TPSA) is 49.3 Å². The van der Waals surface area contributed by atoms with Crippen LogP contribution in [0.5, 0.6) is 0 Å². The van der Waals surface area contributed by atoms with Gasteiger partial charge in [0, 0.05) is 31.0 Å². The number of nitrogens with zero attached hydrogens (tertiary/aromatic N) is 2. The summed E-state index contributed by atoms with van der Waals surface area (Å²) in [6, 6.07) is 15.2. The third-order valence-corrected chi connectivity index (χ3v) is 4.08. The molecule has 1 atom stereocenters. The zero-order chi connectivity index (χ0) is 17.9. The van der Waals surface area contributed by atoms with Crippen LogP contribution >= 0.6 is 0 Å². The Bertz CT molecular complexity index is 635. The summed E-state index contributed by atoms with van der Waals surface area (Å²) in [4.78, 5) is 9.03. The van der Waals surface area contributed by atoms with Crippen LogP contribution in [0.15, 0.2) is 53.7 Å². The molecular formula is C21H30N4. The highest BCUT2D eigenvalue weighted by atomic mass is 15.2. The van der Waals surface area contributed by atoms with Gasteiger partial charge in [0.2, 0.25) is 0 Å². The fourth-order valence-electron chi connectivity index (χ4n) is 2.60. The molecule has 0 spiro atoms. The Hall–Kier alpha value is -2.36. The maximum atomic E-state index is 4.69. The molecule has 25 heavy (non-hydrogen) atoms. The Labute approximate surface area is 151 Å². The van der Waals surface area contributed by atoms with Crippen LogP contribution in [0.25, 0.3) is 0 Å². The standard InChI is InChI=1S/C21H30N4/c1-4-22-21(23-15-14-20-13-10-17(2)24-16-20)25-18(3)11-12-19-8-6-5-7-9-19/h5-10,13,16,18H,4,11-12,14-15H2,1-3H3,(H2,22,23,25). The van der Waals surface area contributed by atoms with E-state index in [1.165, 1.54) is 11.1 Å². The van der Waals surface area contributed by atoms with Gasteiger partial charge in [0.25, 0.3) is 0 Å². The number of rotatable bonds is 8. The van der Waals surface area contributed by atoms with Gasteiger partial charge in [-0.3, -0.25) is 9.98 Å². The number of aryl methyl sites for hydroxylation is 2. The molecule has 0 radical (unpaired) electrons. The van der Waals surface area contributed by atoms with Gasteiger partial charge in [0.05, 0.1) is 0 Å². The van der Waals surface area contributed by atoms with Crippen LogP contribution in [0.1, 0.15) is 37.1 Å². The van der Waals surface area contributed by atoms with Crippen molar-refractivity contribution < 1.29 is 0 Å². The SMILES string of the molecule is CCNC(=NCCc1ccc(C)nc1)NC(C)CCc1ccccc1. The number of guanidine groups is 1. The van der Waals surface area contributed by atoms with Crippen LogP contribution in [-0.4, -0.2) is 30.1 Å². The van der Waals surface area contributed by atoms with Gasteiger partial charge in [-0.15, -0.1) is 0 Å². The lowest BCUT2D eigenvalue weighted by atomic mass is 10.1. The van der Waals surface area contributed by atoms with Gasteiger partial charge in [0.1, 0.15) is 0 Å². The van der Waals surface area contributed by atoms with E-state index in [1.807, 2.05) is 19.2 Å². The van der Waals surface area contributed by atoms with Gasteiger partial charge >= 0.3 is 0 Å². The molecule has 4 nitrogen and oxygen atoms in total. The molecule has 2 aromatic rings. The minimum Gasteiger partial charge on any atom is -0.357 e. The van der Waals surface area contributed by atoms with Crippen LogP contribution in [0.3, 0.4) is 0 Å². The van der Waals surface area contributed by atoms with Crippen LogP contribution in [0, 0.1) is 6.92 Å². The largest absolute Gasteiger partial charge is 0.357 e. The Balaban J connectivity index is 1.80. The summed E-state index contributed by atoms with van der Waals surface area (Å²) >= 11 is 0. The van der Waals surface area contributed by atoms with Crippen molar-refractivity contribution in [2.24, 2.45) is 4.99 Å². The molecule has 1 unspecified atom stereocenters. The molecule has 1 aromatic carbocycles. The molecule has 0 aliphatic heterocycles. The zero-order valence-electron chi connectivity index (χ0n) is 15.6. The summed E-state index contributed by atoms with van der Waals surface area (Å²) in [7, 11) is 0. The van der Waals surface area contributed by atoms with E-state index in [2.05, 4.69) is 65.9 Å². The van der Waals surface area contributed by atoms with E-state index in [1.54, 1.807) is 0 Å². The van der Waals surface area contributed by atoms with E-state index in [0.29, 0.717) is 6.04 Å². The molecule has 0 saturated heterocycles. The molecule has 1 aromatic heterocycles. The van der Waals surface area contributed by atoms with Crippen molar-refractivity contribution >= 4 is 5.96 Å². The maximum absolute atomic E-state index is 4.69. The first-order chi connectivity index (χ1) is 12.2. The number of benzene rings is 1. The van der Waals surface area contributed by atoms with Crippen molar-refractivity contribution in [2.75, 3.05) is 13.1 Å². The average molecular weight is 338 g/mol. The predicted octanol–water partition coefficient (Wildman–Crippen LogP) is 3.51. The minimum absolute atomic E-state index is 0.374. The number of aromatic nitrogens is 1. The predicted molar refractivity (Wildman–Crippen MR) is 106 cm³/mol. The number of pyridine rings is 1. The third-order valence-electron chi connectivity index (χ3n) is 4.08. The van der Waals surface area contributed by atoms with E-state index in [-0.39, 0.29) is 0 Å². The molecule has 4 heteroatoms. The lowest BCUT2D eigenvalue weighted by molar-refractivity contribution is 0.593. The Morgan fingerprint density at radius 1 is 1.08 bits per heavy atom. The van der Waals surface area contributed by atoms with E-state index >= 15 is 0 Å². The van der Waals surface area contributed by atoms with Crippen molar-refractivity contribution in [3.8, 4) is 0 Å². The van der Waals surface area contributed by atoms with Crippen LogP contribution < -0.4 is 10.6 Å². The molecule has 134 valence electrons. The molecule has 0 saturated carbocycles. The van der Waals surface area contributed by atoms with Gasteiger partial charge in [-0.25, -0.2) is 0 Å². The summed E-state index contributed by atoms with van der Waals surface area (Å²) in [5, 5.41) is 6.84. The van der Waals surface area contributed by atoms with Gasteiger partial charge in [0.15, 0.2) is 5.96 Å². The van der Waals surface area contributed by atoms with E-state index in [9.17, 15) is 0 Å². The maximum Gasteiger partial charge on any atom is 0.191 e. The molecule has 0 fully saturated rings. The quantitative estimate of drug-likeness (QED) is 0.572. The second-order valence-corrected chi connectivity index (χ2v) is 6.39. The number of hydrogen-bond donors (Lipinski definition) is 2. The molecule has 0 aliphatic carbocycles. The first-order valence-electron chi connectivity index (χ1n) is 9.17. The van der Waals surface area contributed by atoms with Crippen molar-refractivity contribution in [1.82, 2.24) is 15.6 Å². The smallest absolute Gasteiger partial charge is 0.191 e. The highest BCUT2D eigenvalue weighted by Crippen LogP contribution is 2.05. The normalized spacial score (nSPS) is 12.7. The zero-order valence-corrected chi connectivity index (χ0v) is 15.6. The summed E-state index contributed by atoms with van der Waals surface area (Å²) in [6.07, 6.45) is 5.00. The molecular weight excluding hydrogens is 308 g/mol. The van der Waals surface area contributed by atoms with Crippen molar-refractivity contribution in [1.29, 1.82) is 0 Å². The van der Waals surface area contributed by atoms with Gasteiger partial charge in [-0.2, -0.15) is 0 Å². The van der Waals surface area contributed by atoms with Crippen LogP contribution in [0.2, 0.25) is 0 Å². The van der Waals surface area contributed by atoms with E-state index < -0.39 is 0 Å². The summed E-state index contributed by atoms with van der Waals surface area (Å²) < 4.78 is 0. The number of nitrogens with one attached hydrogen (secondary N) is 2. The minimum atomic E-state index is 0.374. The van der Waals surface area contributed by atoms with Gasteiger partial charge in [-0.05, 0) is 57.2 Å². The van der Waals surface area contributed by atoms with Crippen LogP contribution in [0.4, 0.5) is 0 Å². The lowest BCUT2D eigenvalue weighted by Crippen LogP contribution is -2.42. The van der Waals surface area contributed by atoms with Crippen LogP contribution in [-0.2, 0) is 12.8 Å². The molecule has 0 amide bonds. The van der Waals surface area contributed by atoms with Gasteiger partial charge in [-0.1, -0.05) is 36.4 Å². The lowest BCUT2D eigenvalue weighted by Gasteiger charge is -2.18.